The molecule has 4 rings (SSSR count). The number of nitrogens with one attached hydrogen (secondary N) is 1. The number of aromatic nitrogens is 1. The normalized spacial score (nSPS) is 21.7. The maximum Gasteiger partial charge on any atom is 0.345 e. The lowest BCUT2D eigenvalue weighted by molar-refractivity contribution is -0.191. The number of anilines is 1. The lowest BCUT2D eigenvalue weighted by Gasteiger charge is -2.42. The van der Waals surface area contributed by atoms with Crippen LogP contribution in [0.3, 0.4) is 0 Å². The number of nitrogens with zero attached hydrogens (tertiary/aromatic N) is 4. The van der Waals surface area contributed by atoms with Crippen LogP contribution in [0.4, 0.5) is 22.7 Å². The third-order valence-corrected chi connectivity index (χ3v) is 10.7. The number of halogens is 4. The first kappa shape index (κ1) is 34.0. The van der Waals surface area contributed by atoms with Crippen LogP contribution < -0.4 is 10.2 Å². The largest absolute Gasteiger partial charge is 0.345 e. The molecule has 1 saturated heterocycles. The molecule has 1 amide bonds. The molecular weight excluding hydrogens is 626 g/mol. The molecule has 1 N–H and O–H groups in total. The Labute approximate surface area is 257 Å². The van der Waals surface area contributed by atoms with Gasteiger partial charge in [-0.2, -0.15) is 22.8 Å². The summed E-state index contributed by atoms with van der Waals surface area (Å²) in [5, 5.41) is 12.6. The van der Waals surface area contributed by atoms with Gasteiger partial charge in [-0.05, 0) is 49.4 Å². The number of carbonyl (C=O) groups excluding carboxylic acids is 1. The minimum Gasteiger partial charge on any atom is -0.343 e. The molecular formula is C28H35F4N5O5S2. The summed E-state index contributed by atoms with van der Waals surface area (Å²) in [5.41, 5.74) is 0.569. The van der Waals surface area contributed by atoms with Gasteiger partial charge in [-0.3, -0.25) is 9.69 Å². The van der Waals surface area contributed by atoms with Crippen LogP contribution in [0.5, 0.6) is 0 Å². The highest BCUT2D eigenvalue weighted by molar-refractivity contribution is 7.91. The van der Waals surface area contributed by atoms with Gasteiger partial charge in [0.1, 0.15) is 4.88 Å². The number of nitriles is 1. The molecule has 1 aliphatic carbocycles. The number of hydrogen-bond donors (Lipinski definition) is 1. The van der Waals surface area contributed by atoms with E-state index in [-0.39, 0.29) is 34.5 Å². The van der Waals surface area contributed by atoms with Gasteiger partial charge in [0.05, 0.1) is 54.1 Å². The summed E-state index contributed by atoms with van der Waals surface area (Å²) in [7, 11) is -3.40. The van der Waals surface area contributed by atoms with E-state index in [0.29, 0.717) is 49.7 Å². The highest BCUT2D eigenvalue weighted by atomic mass is 32.2. The lowest BCUT2D eigenvalue weighted by Crippen LogP contribution is -2.55. The number of piperazine rings is 1. The highest BCUT2D eigenvalue weighted by Gasteiger charge is 2.34. The minimum absolute atomic E-state index is 0.0486. The Bertz CT molecular complexity index is 1380. The van der Waals surface area contributed by atoms with E-state index in [4.69, 9.17) is 0 Å². The molecule has 2 aliphatic rings. The van der Waals surface area contributed by atoms with Crippen LogP contribution in [-0.2, 0) is 19.3 Å². The van der Waals surface area contributed by atoms with Crippen molar-refractivity contribution >= 4 is 32.2 Å². The number of hydrogen-bond acceptors (Lipinski definition) is 10. The van der Waals surface area contributed by atoms with Gasteiger partial charge in [0.2, 0.25) is 0 Å². The molecule has 1 saturated carbocycles. The SMILES string of the molecule is CCS(=O)(=O)c1ccc([C@H](CC#N)NC(=O)c2cnc(N3CCN(CCC4CC(OC(F)F)C4)C[C@H]3COC(F)F)s2)cc1. The number of thiazole rings is 1. The van der Waals surface area contributed by atoms with E-state index in [1.165, 1.54) is 18.3 Å². The van der Waals surface area contributed by atoms with Gasteiger partial charge < -0.3 is 19.7 Å². The standard InChI is InChI=1S/C28H35F4N5O5S2/c1-2-44(39,40)22-5-3-19(4-6-22)23(7-9-33)35-25(38)24-15-34-28(43-24)37-12-11-36(16-20(37)17-41-26(29)30)10-8-18-13-21(14-18)42-27(31)32/h3-6,15,18,20-21,23,26-27H,2,7-8,10-14,16-17H2,1H3,(H,35,38)/t18?,20-,21?,23-/m0/s1. The first-order valence-electron chi connectivity index (χ1n) is 14.3. The molecule has 0 unspecified atom stereocenters. The summed E-state index contributed by atoms with van der Waals surface area (Å²) in [4.78, 5) is 21.9. The van der Waals surface area contributed by atoms with Crippen LogP contribution in [0.15, 0.2) is 35.4 Å². The number of alkyl halides is 4. The quantitative estimate of drug-likeness (QED) is 0.276. The van der Waals surface area contributed by atoms with Crippen LogP contribution in [0, 0.1) is 17.2 Å². The molecule has 242 valence electrons. The monoisotopic (exact) mass is 661 g/mol. The molecule has 2 heterocycles. The fourth-order valence-corrected chi connectivity index (χ4v) is 7.18. The van der Waals surface area contributed by atoms with E-state index in [2.05, 4.69) is 24.7 Å². The smallest absolute Gasteiger partial charge is 0.343 e. The van der Waals surface area contributed by atoms with Crippen molar-refractivity contribution in [2.75, 3.05) is 43.4 Å². The molecule has 16 heteroatoms. The van der Waals surface area contributed by atoms with E-state index in [9.17, 15) is 36.0 Å². The number of rotatable bonds is 15. The van der Waals surface area contributed by atoms with Gasteiger partial charge in [0.25, 0.3) is 5.91 Å². The van der Waals surface area contributed by atoms with E-state index < -0.39 is 47.2 Å². The maximum atomic E-state index is 13.1. The van der Waals surface area contributed by atoms with Crippen molar-refractivity contribution in [1.29, 1.82) is 5.26 Å². The number of ether oxygens (including phenoxy) is 2. The Morgan fingerprint density at radius 2 is 1.91 bits per heavy atom. The van der Waals surface area contributed by atoms with Crippen molar-refractivity contribution in [3.8, 4) is 6.07 Å². The highest BCUT2D eigenvalue weighted by Crippen LogP contribution is 2.34. The predicted octanol–water partition coefficient (Wildman–Crippen LogP) is 4.46. The fourth-order valence-electron chi connectivity index (χ4n) is 5.38. The first-order chi connectivity index (χ1) is 21.0. The Kier molecular flexibility index (Phi) is 11.9. The van der Waals surface area contributed by atoms with Crippen LogP contribution in [0.2, 0.25) is 0 Å². The van der Waals surface area contributed by atoms with Gasteiger partial charge in [-0.1, -0.05) is 30.4 Å². The zero-order chi connectivity index (χ0) is 31.9. The molecule has 2 aromatic rings. The number of benzene rings is 1. The predicted molar refractivity (Wildman–Crippen MR) is 154 cm³/mol. The average Bonchev–Trinajstić information content (AvgIpc) is 3.47. The lowest BCUT2D eigenvalue weighted by atomic mass is 9.80. The Morgan fingerprint density at radius 1 is 1.18 bits per heavy atom. The second-order valence-corrected chi connectivity index (χ2v) is 14.0. The summed E-state index contributed by atoms with van der Waals surface area (Å²) < 4.78 is 84.0. The van der Waals surface area contributed by atoms with E-state index in [1.807, 2.05) is 11.0 Å². The zero-order valence-corrected chi connectivity index (χ0v) is 25.7. The number of amides is 1. The molecule has 1 aliphatic heterocycles. The summed E-state index contributed by atoms with van der Waals surface area (Å²) in [6, 6.07) is 6.91. The second-order valence-electron chi connectivity index (χ2n) is 10.8. The van der Waals surface area contributed by atoms with E-state index in [0.717, 1.165) is 17.8 Å². The van der Waals surface area contributed by atoms with E-state index in [1.54, 1.807) is 19.1 Å². The van der Waals surface area contributed by atoms with Crippen molar-refractivity contribution in [2.24, 2.45) is 5.92 Å². The van der Waals surface area contributed by atoms with Crippen LogP contribution in [-0.4, -0.2) is 88.1 Å². The van der Waals surface area contributed by atoms with Gasteiger partial charge in [-0.25, -0.2) is 13.4 Å². The third-order valence-electron chi connectivity index (χ3n) is 7.91. The Hall–Kier alpha value is -2.84. The molecule has 1 aromatic heterocycles. The summed E-state index contributed by atoms with van der Waals surface area (Å²) in [6.45, 7) is -2.25. The molecule has 1 aromatic carbocycles. The van der Waals surface area contributed by atoms with Crippen LogP contribution in [0.25, 0.3) is 0 Å². The van der Waals surface area contributed by atoms with Gasteiger partial charge in [0, 0.05) is 19.6 Å². The van der Waals surface area contributed by atoms with Crippen molar-refractivity contribution in [2.45, 2.75) is 68.9 Å². The van der Waals surface area contributed by atoms with E-state index >= 15 is 0 Å². The van der Waals surface area contributed by atoms with Crippen LogP contribution in [0.1, 0.15) is 53.9 Å². The molecule has 44 heavy (non-hydrogen) atoms. The summed E-state index contributed by atoms with van der Waals surface area (Å²) in [6.07, 6.45) is 2.87. The molecule has 10 nitrogen and oxygen atoms in total. The molecule has 0 spiro atoms. The van der Waals surface area contributed by atoms with Gasteiger partial charge >= 0.3 is 13.2 Å². The maximum absolute atomic E-state index is 13.1. The first-order valence-corrected chi connectivity index (χ1v) is 16.7. The molecule has 2 atom stereocenters. The number of sulfone groups is 1. The average molecular weight is 662 g/mol. The third kappa shape index (κ3) is 9.10. The topological polar surface area (TPSA) is 125 Å². The van der Waals surface area contributed by atoms with Crippen molar-refractivity contribution in [3.05, 3.63) is 40.9 Å². The molecule has 0 radical (unpaired) electrons. The van der Waals surface area contributed by atoms with Crippen molar-refractivity contribution < 1.29 is 40.2 Å². The Morgan fingerprint density at radius 3 is 2.55 bits per heavy atom. The van der Waals surface area contributed by atoms with Crippen LogP contribution >= 0.6 is 11.3 Å². The van der Waals surface area contributed by atoms with Gasteiger partial charge in [-0.15, -0.1) is 0 Å². The molecule has 0 bridgehead atoms. The number of carbonyl (C=O) groups is 1. The Balaban J connectivity index is 1.37. The second kappa shape index (κ2) is 15.4. The molecule has 2 fully saturated rings. The van der Waals surface area contributed by atoms with Crippen molar-refractivity contribution in [1.82, 2.24) is 15.2 Å². The summed E-state index contributed by atoms with van der Waals surface area (Å²) in [5.74, 6) is -0.252. The minimum atomic E-state index is -3.40. The zero-order valence-electron chi connectivity index (χ0n) is 24.1. The van der Waals surface area contributed by atoms with Gasteiger partial charge in [0.15, 0.2) is 15.0 Å². The fraction of sp³-hybridized carbons (Fsp3) is 0.607. The van der Waals surface area contributed by atoms with Crippen molar-refractivity contribution in [3.63, 3.8) is 0 Å². The summed E-state index contributed by atoms with van der Waals surface area (Å²) >= 11 is 1.09.